The number of nitro benzene ring substituents is 1. The molecule has 0 radical (unpaired) electrons. The highest BCUT2D eigenvalue weighted by Crippen LogP contribution is 2.23. The number of nitrogens with one attached hydrogen (secondary N) is 2. The molecule has 1 aliphatic rings. The third-order valence-corrected chi connectivity index (χ3v) is 2.80. The van der Waals surface area contributed by atoms with Crippen molar-refractivity contribution in [1.29, 1.82) is 0 Å². The Bertz CT molecular complexity index is 381. The Morgan fingerprint density at radius 2 is 2.24 bits per heavy atom. The fraction of sp³-hybridized carbons (Fsp3) is 0.455. The molecule has 1 heterocycles. The maximum absolute atomic E-state index is 10.8. The van der Waals surface area contributed by atoms with Gasteiger partial charge in [0.1, 0.15) is 5.69 Å². The summed E-state index contributed by atoms with van der Waals surface area (Å²) >= 11 is 0. The van der Waals surface area contributed by atoms with Crippen molar-refractivity contribution < 1.29 is 4.92 Å². The van der Waals surface area contributed by atoms with E-state index in [1.54, 1.807) is 18.2 Å². The zero-order chi connectivity index (χ0) is 11.4. The van der Waals surface area contributed by atoms with Crippen LogP contribution >= 0.6 is 12.4 Å². The highest BCUT2D eigenvalue weighted by Gasteiger charge is 2.16. The van der Waals surface area contributed by atoms with Gasteiger partial charge in [0.2, 0.25) is 0 Å². The molecule has 2 N–H and O–H groups in total. The molecule has 17 heavy (non-hydrogen) atoms. The van der Waals surface area contributed by atoms with Crippen molar-refractivity contribution in [2.45, 2.75) is 18.9 Å². The summed E-state index contributed by atoms with van der Waals surface area (Å²) in [4.78, 5) is 10.4. The van der Waals surface area contributed by atoms with Crippen LogP contribution in [0.25, 0.3) is 0 Å². The molecular weight excluding hydrogens is 242 g/mol. The Balaban J connectivity index is 0.00000144. The number of para-hydroxylation sites is 2. The molecule has 1 aliphatic heterocycles. The molecule has 2 rings (SSSR count). The quantitative estimate of drug-likeness (QED) is 0.641. The van der Waals surface area contributed by atoms with E-state index >= 15 is 0 Å². The molecule has 1 fully saturated rings. The summed E-state index contributed by atoms with van der Waals surface area (Å²) in [6, 6.07) is 7.17. The van der Waals surface area contributed by atoms with Gasteiger partial charge in [0.25, 0.3) is 5.69 Å². The minimum atomic E-state index is -0.357. The van der Waals surface area contributed by atoms with Crippen LogP contribution in [-0.2, 0) is 0 Å². The third-order valence-electron chi connectivity index (χ3n) is 2.80. The Morgan fingerprint density at radius 1 is 1.47 bits per heavy atom. The number of benzene rings is 1. The zero-order valence-electron chi connectivity index (χ0n) is 9.39. The normalized spacial score (nSPS) is 18.5. The Morgan fingerprint density at radius 3 is 2.88 bits per heavy atom. The molecule has 0 aromatic heterocycles. The van der Waals surface area contributed by atoms with Crippen LogP contribution in [-0.4, -0.2) is 24.1 Å². The minimum Gasteiger partial charge on any atom is -0.378 e. The molecule has 0 saturated carbocycles. The van der Waals surface area contributed by atoms with E-state index in [2.05, 4.69) is 10.6 Å². The number of rotatable bonds is 4. The predicted octanol–water partition coefficient (Wildman–Crippen LogP) is 2.18. The molecular formula is C11H16ClN3O2. The SMILES string of the molecule is Cl.O=[N+]([O-])c1ccccc1NCC1CCCN1. The molecule has 1 aromatic carbocycles. The van der Waals surface area contributed by atoms with Crippen molar-refractivity contribution in [2.24, 2.45) is 0 Å². The van der Waals surface area contributed by atoms with Gasteiger partial charge in [-0.25, -0.2) is 0 Å². The van der Waals surface area contributed by atoms with Crippen LogP contribution in [0.5, 0.6) is 0 Å². The van der Waals surface area contributed by atoms with Gasteiger partial charge in [0.05, 0.1) is 4.92 Å². The van der Waals surface area contributed by atoms with Gasteiger partial charge in [-0.15, -0.1) is 12.4 Å². The highest BCUT2D eigenvalue weighted by atomic mass is 35.5. The number of anilines is 1. The van der Waals surface area contributed by atoms with Gasteiger partial charge >= 0.3 is 0 Å². The van der Waals surface area contributed by atoms with Crippen LogP contribution in [0.4, 0.5) is 11.4 Å². The first-order valence-corrected chi connectivity index (χ1v) is 5.48. The first-order chi connectivity index (χ1) is 7.77. The first-order valence-electron chi connectivity index (χ1n) is 5.48. The van der Waals surface area contributed by atoms with Crippen molar-refractivity contribution >= 4 is 23.8 Å². The van der Waals surface area contributed by atoms with E-state index in [1.165, 1.54) is 12.5 Å². The lowest BCUT2D eigenvalue weighted by molar-refractivity contribution is -0.384. The average molecular weight is 258 g/mol. The van der Waals surface area contributed by atoms with Gasteiger partial charge in [0, 0.05) is 18.7 Å². The monoisotopic (exact) mass is 257 g/mol. The van der Waals surface area contributed by atoms with Crippen molar-refractivity contribution in [3.63, 3.8) is 0 Å². The molecule has 0 amide bonds. The van der Waals surface area contributed by atoms with Crippen LogP contribution in [0.1, 0.15) is 12.8 Å². The third kappa shape index (κ3) is 3.57. The fourth-order valence-corrected chi connectivity index (χ4v) is 1.95. The van der Waals surface area contributed by atoms with Gasteiger partial charge in [0.15, 0.2) is 0 Å². The second-order valence-corrected chi connectivity index (χ2v) is 3.95. The minimum absolute atomic E-state index is 0. The molecule has 0 bridgehead atoms. The molecule has 1 saturated heterocycles. The number of nitrogens with zero attached hydrogens (tertiary/aromatic N) is 1. The predicted molar refractivity (Wildman–Crippen MR) is 69.9 cm³/mol. The van der Waals surface area contributed by atoms with E-state index < -0.39 is 0 Å². The summed E-state index contributed by atoms with van der Waals surface area (Å²) in [5.74, 6) is 0. The number of hydrogen-bond donors (Lipinski definition) is 2. The van der Waals surface area contributed by atoms with E-state index in [-0.39, 0.29) is 23.0 Å². The molecule has 1 atom stereocenters. The molecule has 0 aliphatic carbocycles. The Labute approximate surface area is 106 Å². The molecule has 6 heteroatoms. The summed E-state index contributed by atoms with van der Waals surface area (Å²) in [5.41, 5.74) is 0.738. The second-order valence-electron chi connectivity index (χ2n) is 3.95. The average Bonchev–Trinajstić information content (AvgIpc) is 2.79. The van der Waals surface area contributed by atoms with E-state index in [1.807, 2.05) is 0 Å². The lowest BCUT2D eigenvalue weighted by atomic mass is 10.2. The van der Waals surface area contributed by atoms with Gasteiger partial charge in [-0.2, -0.15) is 0 Å². The summed E-state index contributed by atoms with van der Waals surface area (Å²) in [6.45, 7) is 1.79. The maximum Gasteiger partial charge on any atom is 0.292 e. The van der Waals surface area contributed by atoms with Crippen LogP contribution in [0, 0.1) is 10.1 Å². The van der Waals surface area contributed by atoms with Crippen LogP contribution < -0.4 is 10.6 Å². The standard InChI is InChI=1S/C11H15N3O2.ClH/c15-14(16)11-6-2-1-5-10(11)13-8-9-4-3-7-12-9;/h1-2,5-6,9,12-13H,3-4,7-8H2;1H. The lowest BCUT2D eigenvalue weighted by Gasteiger charge is -2.12. The Kier molecular flexibility index (Phi) is 5.18. The topological polar surface area (TPSA) is 67.2 Å². The highest BCUT2D eigenvalue weighted by molar-refractivity contribution is 5.85. The summed E-state index contributed by atoms with van der Waals surface area (Å²) in [6.07, 6.45) is 2.32. The van der Waals surface area contributed by atoms with Crippen molar-refractivity contribution in [2.75, 3.05) is 18.4 Å². The number of hydrogen-bond acceptors (Lipinski definition) is 4. The van der Waals surface area contributed by atoms with E-state index in [9.17, 15) is 10.1 Å². The summed E-state index contributed by atoms with van der Waals surface area (Å²) < 4.78 is 0. The first kappa shape index (κ1) is 13.7. The van der Waals surface area contributed by atoms with Crippen LogP contribution in [0.3, 0.4) is 0 Å². The van der Waals surface area contributed by atoms with E-state index in [0.717, 1.165) is 19.5 Å². The molecule has 0 spiro atoms. The van der Waals surface area contributed by atoms with Gasteiger partial charge in [-0.1, -0.05) is 12.1 Å². The summed E-state index contributed by atoms with van der Waals surface area (Å²) in [7, 11) is 0. The summed E-state index contributed by atoms with van der Waals surface area (Å²) in [5, 5.41) is 17.2. The van der Waals surface area contributed by atoms with Crippen molar-refractivity contribution in [1.82, 2.24) is 5.32 Å². The van der Waals surface area contributed by atoms with Gasteiger partial charge in [-0.05, 0) is 25.5 Å². The van der Waals surface area contributed by atoms with E-state index in [4.69, 9.17) is 0 Å². The Hall–Kier alpha value is -1.33. The maximum atomic E-state index is 10.8. The second kappa shape index (κ2) is 6.42. The largest absolute Gasteiger partial charge is 0.378 e. The van der Waals surface area contributed by atoms with Gasteiger partial charge in [-0.3, -0.25) is 10.1 Å². The number of halogens is 1. The molecule has 5 nitrogen and oxygen atoms in total. The smallest absolute Gasteiger partial charge is 0.292 e. The van der Waals surface area contributed by atoms with E-state index in [0.29, 0.717) is 11.7 Å². The van der Waals surface area contributed by atoms with Crippen LogP contribution in [0.15, 0.2) is 24.3 Å². The molecule has 1 aromatic rings. The van der Waals surface area contributed by atoms with Crippen molar-refractivity contribution in [3.05, 3.63) is 34.4 Å². The molecule has 94 valence electrons. The molecule has 1 unspecified atom stereocenters. The van der Waals surface area contributed by atoms with Crippen LogP contribution in [0.2, 0.25) is 0 Å². The zero-order valence-corrected chi connectivity index (χ0v) is 10.2. The number of nitro groups is 1. The van der Waals surface area contributed by atoms with Gasteiger partial charge < -0.3 is 10.6 Å². The van der Waals surface area contributed by atoms with Crippen molar-refractivity contribution in [3.8, 4) is 0 Å². The fourth-order valence-electron chi connectivity index (χ4n) is 1.95. The lowest BCUT2D eigenvalue weighted by Crippen LogP contribution is -2.29.